The fourth-order valence-corrected chi connectivity index (χ4v) is 5.49. The number of nitrogens with one attached hydrogen (secondary N) is 2. The van der Waals surface area contributed by atoms with Crippen molar-refractivity contribution in [3.63, 3.8) is 0 Å². The number of halogens is 1. The van der Waals surface area contributed by atoms with Gasteiger partial charge in [0, 0.05) is 28.4 Å². The number of carbonyl (C=O) groups excluding carboxylic acids is 2. The number of ether oxygens (including phenoxy) is 1. The Balaban J connectivity index is 1.33. The van der Waals surface area contributed by atoms with Crippen molar-refractivity contribution in [2.75, 3.05) is 37.0 Å². The highest BCUT2D eigenvalue weighted by Gasteiger charge is 2.21. The molecule has 2 amide bonds. The molecule has 4 rings (SSSR count). The van der Waals surface area contributed by atoms with E-state index in [1.807, 2.05) is 36.4 Å². The quantitative estimate of drug-likeness (QED) is 0.432. The fourth-order valence-electron chi connectivity index (χ4n) is 3.23. The summed E-state index contributed by atoms with van der Waals surface area (Å²) in [7, 11) is 0. The highest BCUT2D eigenvalue weighted by Crippen LogP contribution is 2.33. The fraction of sp³-hybridized carbons (Fsp3) is 0.286. The van der Waals surface area contributed by atoms with Crippen molar-refractivity contribution in [1.82, 2.24) is 15.8 Å². The summed E-state index contributed by atoms with van der Waals surface area (Å²) < 4.78 is 5.35. The van der Waals surface area contributed by atoms with Crippen molar-refractivity contribution < 1.29 is 14.3 Å². The number of aromatic nitrogens is 1. The zero-order valence-corrected chi connectivity index (χ0v) is 19.2. The summed E-state index contributed by atoms with van der Waals surface area (Å²) in [4.78, 5) is 32.8. The highest BCUT2D eigenvalue weighted by molar-refractivity contribution is 8.00. The van der Waals surface area contributed by atoms with Crippen molar-refractivity contribution in [2.45, 2.75) is 11.8 Å². The number of rotatable bonds is 5. The number of hydrogen-bond donors (Lipinski definition) is 2. The molecule has 0 bridgehead atoms. The molecular weight excluding hydrogens is 456 g/mol. The molecule has 162 valence electrons. The lowest BCUT2D eigenvalue weighted by Crippen LogP contribution is -2.42. The second kappa shape index (κ2) is 9.86. The van der Waals surface area contributed by atoms with Crippen LogP contribution >= 0.6 is 34.7 Å². The van der Waals surface area contributed by atoms with E-state index in [1.54, 1.807) is 6.92 Å². The third-order valence-corrected chi connectivity index (χ3v) is 7.35. The van der Waals surface area contributed by atoms with Gasteiger partial charge in [0.05, 0.1) is 24.7 Å². The molecule has 1 aliphatic heterocycles. The van der Waals surface area contributed by atoms with Crippen molar-refractivity contribution in [1.29, 1.82) is 0 Å². The average molecular weight is 477 g/mol. The van der Waals surface area contributed by atoms with Crippen molar-refractivity contribution in [3.8, 4) is 0 Å². The van der Waals surface area contributed by atoms with Gasteiger partial charge in [0.15, 0.2) is 5.13 Å². The minimum atomic E-state index is -0.374. The van der Waals surface area contributed by atoms with Gasteiger partial charge in [-0.15, -0.1) is 11.8 Å². The molecule has 3 aromatic rings. The Kier molecular flexibility index (Phi) is 6.96. The number of nitrogens with zero attached hydrogens (tertiary/aromatic N) is 2. The summed E-state index contributed by atoms with van der Waals surface area (Å²) >= 11 is 9.02. The van der Waals surface area contributed by atoms with E-state index >= 15 is 0 Å². The topological polar surface area (TPSA) is 83.6 Å². The average Bonchev–Trinajstić information content (AvgIpc) is 3.18. The lowest BCUT2D eigenvalue weighted by molar-refractivity contribution is -0.119. The third-order valence-electron chi connectivity index (χ3n) is 4.76. The van der Waals surface area contributed by atoms with Crippen LogP contribution in [0.1, 0.15) is 15.4 Å². The van der Waals surface area contributed by atoms with Gasteiger partial charge in [0.25, 0.3) is 5.91 Å². The number of benzene rings is 2. The number of anilines is 1. The zero-order valence-electron chi connectivity index (χ0n) is 16.8. The predicted molar refractivity (Wildman–Crippen MR) is 125 cm³/mol. The summed E-state index contributed by atoms with van der Waals surface area (Å²) in [6.07, 6.45) is 0. The van der Waals surface area contributed by atoms with E-state index in [0.717, 1.165) is 33.9 Å². The number of aryl methyl sites for hydroxylation is 1. The van der Waals surface area contributed by atoms with Crippen LogP contribution in [-0.2, 0) is 9.53 Å². The van der Waals surface area contributed by atoms with Crippen LogP contribution in [0, 0.1) is 6.92 Å². The molecular formula is C21H21ClN4O3S2. The Bertz CT molecular complexity index is 1110. The van der Waals surface area contributed by atoms with Gasteiger partial charge in [-0.05, 0) is 24.4 Å². The van der Waals surface area contributed by atoms with Gasteiger partial charge < -0.3 is 9.64 Å². The smallest absolute Gasteiger partial charge is 0.281 e. The first-order valence-corrected chi connectivity index (χ1v) is 11.9. The molecule has 2 aromatic carbocycles. The molecule has 2 heterocycles. The molecule has 10 heteroatoms. The first kappa shape index (κ1) is 21.9. The Labute approximate surface area is 193 Å². The third kappa shape index (κ3) is 5.12. The molecule has 1 saturated heterocycles. The van der Waals surface area contributed by atoms with E-state index in [-0.39, 0.29) is 17.6 Å². The number of thioether (sulfide) groups is 1. The Morgan fingerprint density at radius 2 is 1.94 bits per heavy atom. The molecule has 2 N–H and O–H groups in total. The van der Waals surface area contributed by atoms with Crippen molar-refractivity contribution in [2.24, 2.45) is 0 Å². The van der Waals surface area contributed by atoms with Gasteiger partial charge >= 0.3 is 0 Å². The molecule has 1 fully saturated rings. The van der Waals surface area contributed by atoms with E-state index in [2.05, 4.69) is 20.7 Å². The summed E-state index contributed by atoms with van der Waals surface area (Å²) in [6, 6.07) is 11.5. The largest absolute Gasteiger partial charge is 0.378 e. The van der Waals surface area contributed by atoms with Crippen LogP contribution in [0.5, 0.6) is 0 Å². The molecule has 0 radical (unpaired) electrons. The molecule has 0 atom stereocenters. The summed E-state index contributed by atoms with van der Waals surface area (Å²) in [5.74, 6) is -0.537. The second-order valence-corrected chi connectivity index (χ2v) is 9.30. The van der Waals surface area contributed by atoms with Crippen LogP contribution < -0.4 is 15.8 Å². The first-order chi connectivity index (χ1) is 15.0. The maximum Gasteiger partial charge on any atom is 0.281 e. The van der Waals surface area contributed by atoms with Gasteiger partial charge in [-0.3, -0.25) is 20.4 Å². The molecule has 0 spiro atoms. The number of amides is 2. The van der Waals surface area contributed by atoms with E-state index < -0.39 is 0 Å². The number of hydrogen-bond acceptors (Lipinski definition) is 7. The zero-order chi connectivity index (χ0) is 21.8. The molecule has 1 aromatic heterocycles. The van der Waals surface area contributed by atoms with Crippen LogP contribution in [0.2, 0.25) is 5.02 Å². The van der Waals surface area contributed by atoms with Crippen LogP contribution in [0.4, 0.5) is 5.13 Å². The Hall–Kier alpha value is -2.33. The van der Waals surface area contributed by atoms with Gasteiger partial charge in [-0.25, -0.2) is 4.98 Å². The van der Waals surface area contributed by atoms with E-state index in [9.17, 15) is 9.59 Å². The minimum Gasteiger partial charge on any atom is -0.378 e. The van der Waals surface area contributed by atoms with Gasteiger partial charge in [0.1, 0.15) is 4.88 Å². The highest BCUT2D eigenvalue weighted by atomic mass is 35.5. The van der Waals surface area contributed by atoms with Crippen LogP contribution in [-0.4, -0.2) is 48.9 Å². The molecule has 0 unspecified atom stereocenters. The van der Waals surface area contributed by atoms with Gasteiger partial charge in [0.2, 0.25) is 5.91 Å². The van der Waals surface area contributed by atoms with Crippen LogP contribution in [0.25, 0.3) is 10.8 Å². The minimum absolute atomic E-state index is 0.144. The molecule has 31 heavy (non-hydrogen) atoms. The number of thiazole rings is 1. The maximum atomic E-state index is 12.5. The number of morpholine rings is 1. The second-order valence-electron chi connectivity index (χ2n) is 6.90. The lowest BCUT2D eigenvalue weighted by atomic mass is 10.1. The molecule has 1 aliphatic rings. The van der Waals surface area contributed by atoms with Gasteiger partial charge in [-0.1, -0.05) is 47.2 Å². The summed E-state index contributed by atoms with van der Waals surface area (Å²) in [6.45, 7) is 4.59. The van der Waals surface area contributed by atoms with Crippen molar-refractivity contribution >= 4 is 62.4 Å². The van der Waals surface area contributed by atoms with E-state index in [0.29, 0.717) is 28.8 Å². The number of hydrazine groups is 1. The Morgan fingerprint density at radius 3 is 2.71 bits per heavy atom. The predicted octanol–water partition coefficient (Wildman–Crippen LogP) is 3.65. The lowest BCUT2D eigenvalue weighted by Gasteiger charge is -2.25. The van der Waals surface area contributed by atoms with Crippen LogP contribution in [0.3, 0.4) is 0 Å². The summed E-state index contributed by atoms with van der Waals surface area (Å²) in [5, 5.41) is 3.37. The van der Waals surface area contributed by atoms with E-state index in [1.165, 1.54) is 23.1 Å². The standard InChI is InChI=1S/C21H21ClN4O3S2/c1-13-19(31-21(23-13)26-8-10-29-11-9-26)20(28)25-24-17(27)12-30-16-7-3-5-14-4-2-6-15(22)18(14)16/h2-7H,8-12H2,1H3,(H,24,27)(H,25,28). The van der Waals surface area contributed by atoms with Crippen LogP contribution in [0.15, 0.2) is 41.3 Å². The maximum absolute atomic E-state index is 12.5. The monoisotopic (exact) mass is 476 g/mol. The number of fused-ring (bicyclic) bond motifs is 1. The Morgan fingerprint density at radius 1 is 1.19 bits per heavy atom. The molecule has 7 nitrogen and oxygen atoms in total. The van der Waals surface area contributed by atoms with Gasteiger partial charge in [-0.2, -0.15) is 0 Å². The van der Waals surface area contributed by atoms with Crippen molar-refractivity contribution in [3.05, 3.63) is 52.0 Å². The first-order valence-electron chi connectivity index (χ1n) is 9.72. The summed E-state index contributed by atoms with van der Waals surface area (Å²) in [5.41, 5.74) is 5.61. The molecule has 0 aliphatic carbocycles. The normalized spacial score (nSPS) is 13.9. The number of carbonyl (C=O) groups is 2. The van der Waals surface area contributed by atoms with E-state index in [4.69, 9.17) is 16.3 Å². The molecule has 0 saturated carbocycles. The SMILES string of the molecule is Cc1nc(N2CCOCC2)sc1C(=O)NNC(=O)CSc1cccc2cccc(Cl)c12.